The van der Waals surface area contributed by atoms with Crippen molar-refractivity contribution in [3.63, 3.8) is 0 Å². The van der Waals surface area contributed by atoms with Crippen molar-refractivity contribution >= 4 is 27.6 Å². The third-order valence-electron chi connectivity index (χ3n) is 6.18. The van der Waals surface area contributed by atoms with E-state index in [0.29, 0.717) is 35.9 Å². The third kappa shape index (κ3) is 5.39. The summed E-state index contributed by atoms with van der Waals surface area (Å²) in [5, 5.41) is 1.38. The highest BCUT2D eigenvalue weighted by Gasteiger charge is 2.47. The van der Waals surface area contributed by atoms with Crippen LogP contribution in [0.25, 0.3) is 0 Å². The number of ether oxygens (including phenoxy) is 2. The lowest BCUT2D eigenvalue weighted by molar-refractivity contribution is -0.149. The summed E-state index contributed by atoms with van der Waals surface area (Å²) in [4.78, 5) is 17.9. The summed E-state index contributed by atoms with van der Waals surface area (Å²) in [6, 6.07) is 13.8. The molecule has 0 radical (unpaired) electrons. The van der Waals surface area contributed by atoms with Crippen LogP contribution in [0, 0.1) is 5.92 Å². The molecule has 10 heteroatoms. The topological polar surface area (TPSA) is 85.4 Å². The van der Waals surface area contributed by atoms with Gasteiger partial charge in [0.25, 0.3) is 0 Å². The van der Waals surface area contributed by atoms with Crippen molar-refractivity contribution in [2.75, 3.05) is 33.4 Å². The van der Waals surface area contributed by atoms with Gasteiger partial charge in [0.2, 0.25) is 10.0 Å². The van der Waals surface area contributed by atoms with Crippen molar-refractivity contribution < 1.29 is 27.5 Å². The Balaban J connectivity index is 1.55. The number of piperidine rings is 1. The Hall–Kier alpha value is -2.17. The fourth-order valence-electron chi connectivity index (χ4n) is 4.49. The number of nitrogens with zero attached hydrogens (tertiary/aromatic N) is 2. The molecule has 2 aliphatic rings. The number of rotatable bonds is 7. The molecule has 184 valence electrons. The smallest absolute Gasteiger partial charge is 0.310 e. The molecule has 0 amide bonds. The van der Waals surface area contributed by atoms with Gasteiger partial charge in [-0.05, 0) is 61.7 Å². The average Bonchev–Trinajstić information content (AvgIpc) is 3.23. The third-order valence-corrected chi connectivity index (χ3v) is 8.64. The van der Waals surface area contributed by atoms with Crippen LogP contribution in [0.2, 0.25) is 5.02 Å². The largest absolute Gasteiger partial charge is 0.466 e. The van der Waals surface area contributed by atoms with Crippen LogP contribution >= 0.6 is 11.6 Å². The van der Waals surface area contributed by atoms with Crippen molar-refractivity contribution in [3.05, 3.63) is 59.1 Å². The Morgan fingerprint density at radius 2 is 1.94 bits per heavy atom. The number of benzene rings is 2. The maximum Gasteiger partial charge on any atom is 0.310 e. The minimum atomic E-state index is -3.75. The van der Waals surface area contributed by atoms with Gasteiger partial charge in [-0.3, -0.25) is 9.63 Å². The maximum atomic E-state index is 13.7. The lowest BCUT2D eigenvalue weighted by Gasteiger charge is -2.34. The van der Waals surface area contributed by atoms with Crippen LogP contribution in [0.5, 0.6) is 11.5 Å². The highest BCUT2D eigenvalue weighted by atomic mass is 35.5. The second-order valence-corrected chi connectivity index (χ2v) is 11.0. The number of hydrogen-bond donors (Lipinski definition) is 0. The first-order valence-corrected chi connectivity index (χ1v) is 13.2. The molecular formula is C24H29ClN2O6S. The Morgan fingerprint density at radius 1 is 1.18 bits per heavy atom. The molecule has 0 spiro atoms. The van der Waals surface area contributed by atoms with Gasteiger partial charge in [0.1, 0.15) is 16.7 Å². The monoisotopic (exact) mass is 508 g/mol. The lowest BCUT2D eigenvalue weighted by atomic mass is 10.0. The van der Waals surface area contributed by atoms with Crippen LogP contribution in [-0.2, 0) is 24.4 Å². The standard InChI is InChI=1S/C24H29ClN2O6S/c1-3-31-24(28)18-7-5-13-27(15-18)34(29,30)22-16-32-26(2)23(22)17-6-4-8-21(14-17)33-20-11-9-19(25)10-12-20/h4,6,8-12,14,18,22-23H,3,5,7,13,15-16H2,1-2H3/t18-,22-,23+/m1/s1. The number of carbonyl (C=O) groups excluding carboxylic acids is 1. The van der Waals surface area contributed by atoms with Crippen LogP contribution in [0.15, 0.2) is 48.5 Å². The zero-order valence-corrected chi connectivity index (χ0v) is 20.8. The minimum absolute atomic E-state index is 0.0341. The van der Waals surface area contributed by atoms with Crippen molar-refractivity contribution in [1.82, 2.24) is 9.37 Å². The summed E-state index contributed by atoms with van der Waals surface area (Å²) in [6.45, 7) is 2.57. The molecule has 2 aliphatic heterocycles. The van der Waals surface area contributed by atoms with Gasteiger partial charge in [-0.15, -0.1) is 0 Å². The number of esters is 1. The Bertz CT molecular complexity index is 1110. The fraction of sp³-hybridized carbons (Fsp3) is 0.458. The van der Waals surface area contributed by atoms with Gasteiger partial charge in [-0.25, -0.2) is 12.7 Å². The van der Waals surface area contributed by atoms with E-state index < -0.39 is 27.2 Å². The normalized spacial score (nSPS) is 24.1. The van der Waals surface area contributed by atoms with Crippen LogP contribution in [0.1, 0.15) is 31.4 Å². The summed E-state index contributed by atoms with van der Waals surface area (Å²) >= 11 is 5.95. The van der Waals surface area contributed by atoms with E-state index in [1.165, 1.54) is 4.31 Å². The number of sulfonamides is 1. The van der Waals surface area contributed by atoms with Gasteiger partial charge in [-0.2, -0.15) is 5.06 Å². The SMILES string of the molecule is CCOC(=O)[C@@H]1CCCN(S(=O)(=O)[C@@H]2CON(C)[C@H]2c2cccc(Oc3ccc(Cl)cc3)c2)C1. The van der Waals surface area contributed by atoms with E-state index >= 15 is 0 Å². The van der Waals surface area contributed by atoms with Gasteiger partial charge in [0.05, 0.1) is 25.2 Å². The zero-order chi connectivity index (χ0) is 24.3. The van der Waals surface area contributed by atoms with Crippen molar-refractivity contribution in [2.24, 2.45) is 5.92 Å². The van der Waals surface area contributed by atoms with Crippen molar-refractivity contribution in [2.45, 2.75) is 31.1 Å². The number of hydrogen-bond acceptors (Lipinski definition) is 7. The number of hydroxylamine groups is 2. The summed E-state index contributed by atoms with van der Waals surface area (Å²) < 4.78 is 39.8. The first-order valence-electron chi connectivity index (χ1n) is 11.3. The van der Waals surface area contributed by atoms with Gasteiger partial charge in [-0.1, -0.05) is 23.7 Å². The molecule has 0 N–H and O–H groups in total. The quantitative estimate of drug-likeness (QED) is 0.522. The molecule has 2 saturated heterocycles. The summed E-state index contributed by atoms with van der Waals surface area (Å²) in [5.41, 5.74) is 0.763. The first kappa shape index (κ1) is 24.9. The van der Waals surface area contributed by atoms with Gasteiger partial charge in [0.15, 0.2) is 0 Å². The molecule has 0 bridgehead atoms. The van der Waals surface area contributed by atoms with Crippen molar-refractivity contribution in [1.29, 1.82) is 0 Å². The molecule has 0 saturated carbocycles. The summed E-state index contributed by atoms with van der Waals surface area (Å²) in [6.07, 6.45) is 1.24. The Labute approximate surface area is 205 Å². The molecule has 8 nitrogen and oxygen atoms in total. The second-order valence-electron chi connectivity index (χ2n) is 8.45. The lowest BCUT2D eigenvalue weighted by Crippen LogP contribution is -2.48. The number of carbonyl (C=O) groups is 1. The highest BCUT2D eigenvalue weighted by Crippen LogP contribution is 2.38. The molecule has 2 aromatic carbocycles. The molecule has 0 aromatic heterocycles. The molecule has 34 heavy (non-hydrogen) atoms. The van der Waals surface area contributed by atoms with E-state index in [-0.39, 0.29) is 25.7 Å². The van der Waals surface area contributed by atoms with Gasteiger partial charge >= 0.3 is 5.97 Å². The molecule has 0 aliphatic carbocycles. The molecular weight excluding hydrogens is 480 g/mol. The predicted molar refractivity (Wildman–Crippen MR) is 128 cm³/mol. The van der Waals surface area contributed by atoms with E-state index in [2.05, 4.69) is 0 Å². The average molecular weight is 509 g/mol. The second kappa shape index (κ2) is 10.6. The van der Waals surface area contributed by atoms with E-state index in [1.807, 2.05) is 24.3 Å². The molecule has 3 atom stereocenters. The van der Waals surface area contributed by atoms with Crippen LogP contribution < -0.4 is 4.74 Å². The van der Waals surface area contributed by atoms with Crippen molar-refractivity contribution in [3.8, 4) is 11.5 Å². The van der Waals surface area contributed by atoms with E-state index in [4.69, 9.17) is 25.9 Å². The molecule has 2 heterocycles. The zero-order valence-electron chi connectivity index (χ0n) is 19.2. The highest BCUT2D eigenvalue weighted by molar-refractivity contribution is 7.89. The summed E-state index contributed by atoms with van der Waals surface area (Å²) in [7, 11) is -2.02. The van der Waals surface area contributed by atoms with Crippen LogP contribution in [0.3, 0.4) is 0 Å². The fourth-order valence-corrected chi connectivity index (χ4v) is 6.66. The molecule has 0 unspecified atom stereocenters. The van der Waals surface area contributed by atoms with Crippen LogP contribution in [-0.4, -0.2) is 62.4 Å². The predicted octanol–water partition coefficient (Wildman–Crippen LogP) is 4.02. The summed E-state index contributed by atoms with van der Waals surface area (Å²) in [5.74, 6) is 0.417. The van der Waals surface area contributed by atoms with Gasteiger partial charge < -0.3 is 9.47 Å². The Kier molecular flexibility index (Phi) is 7.79. The molecule has 2 aromatic rings. The Morgan fingerprint density at radius 3 is 2.68 bits per heavy atom. The molecule has 2 fully saturated rings. The molecule has 4 rings (SSSR count). The van der Waals surface area contributed by atoms with E-state index in [9.17, 15) is 13.2 Å². The minimum Gasteiger partial charge on any atom is -0.466 e. The van der Waals surface area contributed by atoms with E-state index in [0.717, 1.165) is 5.56 Å². The first-order chi connectivity index (χ1) is 16.3. The number of halogens is 1. The van der Waals surface area contributed by atoms with Gasteiger partial charge in [0, 0.05) is 25.2 Å². The van der Waals surface area contributed by atoms with Crippen LogP contribution in [0.4, 0.5) is 0 Å². The van der Waals surface area contributed by atoms with E-state index in [1.54, 1.807) is 43.3 Å². The maximum absolute atomic E-state index is 13.7.